The molecule has 4 aromatic rings. The van der Waals surface area contributed by atoms with Crippen molar-refractivity contribution >= 4 is 23.3 Å². The maximum absolute atomic E-state index is 13.1. The van der Waals surface area contributed by atoms with Crippen molar-refractivity contribution in [2.24, 2.45) is 5.92 Å². The van der Waals surface area contributed by atoms with Crippen LogP contribution in [0, 0.1) is 5.92 Å². The molecule has 1 aliphatic carbocycles. The van der Waals surface area contributed by atoms with Crippen LogP contribution in [-0.2, 0) is 17.9 Å². The molecular formula is C23H20ClF3N8O3. The maximum Gasteiger partial charge on any atom is 0.416 e. The monoisotopic (exact) mass is 548 g/mol. The Kier molecular flexibility index (Phi) is 6.75. The molecule has 5 rings (SSSR count). The van der Waals surface area contributed by atoms with Gasteiger partial charge < -0.3 is 10.4 Å². The van der Waals surface area contributed by atoms with Crippen LogP contribution in [0.5, 0.6) is 0 Å². The van der Waals surface area contributed by atoms with Crippen LogP contribution in [0.1, 0.15) is 18.7 Å². The third kappa shape index (κ3) is 5.45. The second kappa shape index (κ2) is 10.0. The number of anilines is 1. The van der Waals surface area contributed by atoms with Gasteiger partial charge in [-0.1, -0.05) is 11.6 Å². The Morgan fingerprint density at radius 2 is 1.89 bits per heavy atom. The summed E-state index contributed by atoms with van der Waals surface area (Å²) in [5, 5.41) is 21.3. The number of carbonyl (C=O) groups excluding carboxylic acids is 1. The van der Waals surface area contributed by atoms with E-state index in [1.54, 1.807) is 12.1 Å². The van der Waals surface area contributed by atoms with E-state index in [1.807, 2.05) is 0 Å². The Labute approximate surface area is 217 Å². The Morgan fingerprint density at radius 3 is 2.58 bits per heavy atom. The molecule has 1 saturated carbocycles. The lowest BCUT2D eigenvalue weighted by Crippen LogP contribution is -2.37. The predicted molar refractivity (Wildman–Crippen MR) is 129 cm³/mol. The lowest BCUT2D eigenvalue weighted by molar-refractivity contribution is -0.207. The summed E-state index contributed by atoms with van der Waals surface area (Å²) >= 11 is 5.91. The van der Waals surface area contributed by atoms with E-state index in [0.717, 1.165) is 22.1 Å². The van der Waals surface area contributed by atoms with Gasteiger partial charge >= 0.3 is 11.9 Å². The van der Waals surface area contributed by atoms with E-state index in [0.29, 0.717) is 16.3 Å². The molecule has 0 radical (unpaired) electrons. The van der Waals surface area contributed by atoms with Crippen molar-refractivity contribution in [3.8, 4) is 17.1 Å². The zero-order valence-corrected chi connectivity index (χ0v) is 20.3. The molecule has 1 aliphatic rings. The fraction of sp³-hybridized carbons (Fsp3) is 0.304. The molecule has 3 aromatic heterocycles. The van der Waals surface area contributed by atoms with Crippen LogP contribution in [0.3, 0.4) is 0 Å². The first-order chi connectivity index (χ1) is 18.1. The van der Waals surface area contributed by atoms with E-state index >= 15 is 0 Å². The van der Waals surface area contributed by atoms with Crippen LogP contribution in [0.25, 0.3) is 17.1 Å². The second-order valence-electron chi connectivity index (χ2n) is 8.68. The van der Waals surface area contributed by atoms with Gasteiger partial charge in [0.15, 0.2) is 23.6 Å². The van der Waals surface area contributed by atoms with Crippen molar-refractivity contribution in [3.05, 3.63) is 70.3 Å². The summed E-state index contributed by atoms with van der Waals surface area (Å²) in [6.07, 6.45) is -3.20. The molecule has 1 fully saturated rings. The van der Waals surface area contributed by atoms with Crippen LogP contribution < -0.4 is 11.0 Å². The van der Waals surface area contributed by atoms with Gasteiger partial charge in [0.2, 0.25) is 5.91 Å². The number of amides is 1. The lowest BCUT2D eigenvalue weighted by atomic mass is 10.2. The van der Waals surface area contributed by atoms with Gasteiger partial charge in [0.05, 0.1) is 6.54 Å². The highest BCUT2D eigenvalue weighted by Crippen LogP contribution is 2.30. The van der Waals surface area contributed by atoms with Crippen molar-refractivity contribution in [1.29, 1.82) is 0 Å². The summed E-state index contributed by atoms with van der Waals surface area (Å²) in [5.41, 5.74) is -0.133. The number of pyridine rings is 1. The number of halogens is 4. The Morgan fingerprint density at radius 1 is 1.16 bits per heavy atom. The van der Waals surface area contributed by atoms with Gasteiger partial charge in [-0.25, -0.2) is 24.1 Å². The van der Waals surface area contributed by atoms with Crippen molar-refractivity contribution in [1.82, 2.24) is 34.1 Å². The number of benzene rings is 1. The van der Waals surface area contributed by atoms with Gasteiger partial charge in [0.1, 0.15) is 18.6 Å². The van der Waals surface area contributed by atoms with Gasteiger partial charge in [-0.2, -0.15) is 13.2 Å². The van der Waals surface area contributed by atoms with Crippen LogP contribution >= 0.6 is 11.6 Å². The molecule has 198 valence electrons. The number of hydrogen-bond donors (Lipinski definition) is 2. The molecule has 0 spiro atoms. The summed E-state index contributed by atoms with van der Waals surface area (Å²) in [5.74, 6) is 0.140. The standard InChI is InChI=1S/C23H20ClF3N8O3/c24-15-7-5-13(6-8-15)20-32-34(22(38)33(20)10-17(36)23(25,26)27)11-18-29-12-35(31-18)16-2-1-9-28-19(16)30-21(37)14-3-4-14/h1-2,5-9,12,14,17,36H,3-4,10-11H2,(H,28,30,37)/t17-/m0/s1. The van der Waals surface area contributed by atoms with E-state index < -0.39 is 24.5 Å². The van der Waals surface area contributed by atoms with Gasteiger partial charge in [0, 0.05) is 22.7 Å². The normalized spacial score (nSPS) is 14.4. The van der Waals surface area contributed by atoms with Crippen molar-refractivity contribution < 1.29 is 23.1 Å². The van der Waals surface area contributed by atoms with Gasteiger partial charge in [-0.05, 0) is 49.2 Å². The van der Waals surface area contributed by atoms with Crippen LogP contribution in [-0.4, -0.2) is 57.4 Å². The number of rotatable bonds is 8. The van der Waals surface area contributed by atoms with Crippen LogP contribution in [0.15, 0.2) is 53.7 Å². The largest absolute Gasteiger partial charge is 0.416 e. The fourth-order valence-electron chi connectivity index (χ4n) is 3.66. The topological polar surface area (TPSA) is 133 Å². The third-order valence-corrected chi connectivity index (χ3v) is 6.06. The molecule has 0 unspecified atom stereocenters. The zero-order valence-electron chi connectivity index (χ0n) is 19.5. The average Bonchev–Trinajstić information content (AvgIpc) is 3.57. The number of nitrogens with one attached hydrogen (secondary N) is 1. The molecule has 1 aromatic carbocycles. The fourth-order valence-corrected chi connectivity index (χ4v) is 3.79. The highest BCUT2D eigenvalue weighted by atomic mass is 35.5. The Balaban J connectivity index is 1.45. The molecule has 1 amide bonds. The van der Waals surface area contributed by atoms with E-state index in [4.69, 9.17) is 11.6 Å². The number of hydrogen-bond acceptors (Lipinski definition) is 7. The quantitative estimate of drug-likeness (QED) is 0.346. The van der Waals surface area contributed by atoms with Gasteiger partial charge in [-0.3, -0.25) is 9.36 Å². The Hall–Kier alpha value is -4.04. The molecule has 1 atom stereocenters. The van der Waals surface area contributed by atoms with Crippen molar-refractivity contribution in [2.45, 2.75) is 38.2 Å². The van der Waals surface area contributed by atoms with Crippen LogP contribution in [0.2, 0.25) is 5.02 Å². The first kappa shape index (κ1) is 25.6. The highest BCUT2D eigenvalue weighted by molar-refractivity contribution is 6.30. The number of carbonyl (C=O) groups is 1. The highest BCUT2D eigenvalue weighted by Gasteiger charge is 2.39. The number of nitrogens with zero attached hydrogens (tertiary/aromatic N) is 7. The molecule has 11 nitrogen and oxygen atoms in total. The van der Waals surface area contributed by atoms with Crippen LogP contribution in [0.4, 0.5) is 19.0 Å². The van der Waals surface area contributed by atoms with Crippen molar-refractivity contribution in [2.75, 3.05) is 5.32 Å². The first-order valence-electron chi connectivity index (χ1n) is 11.5. The predicted octanol–water partition coefficient (Wildman–Crippen LogP) is 2.66. The van der Waals surface area contributed by atoms with E-state index in [-0.39, 0.29) is 35.8 Å². The smallest absolute Gasteiger partial charge is 0.382 e. The first-order valence-corrected chi connectivity index (χ1v) is 11.8. The summed E-state index contributed by atoms with van der Waals surface area (Å²) in [7, 11) is 0. The second-order valence-corrected chi connectivity index (χ2v) is 9.12. The minimum atomic E-state index is -4.94. The molecule has 0 aliphatic heterocycles. The van der Waals surface area contributed by atoms with Crippen molar-refractivity contribution in [3.63, 3.8) is 0 Å². The molecule has 0 bridgehead atoms. The minimum Gasteiger partial charge on any atom is -0.382 e. The number of aliphatic hydroxyl groups is 1. The lowest BCUT2D eigenvalue weighted by Gasteiger charge is -2.15. The number of aromatic nitrogens is 7. The molecule has 38 heavy (non-hydrogen) atoms. The third-order valence-electron chi connectivity index (χ3n) is 5.81. The minimum absolute atomic E-state index is 0.0381. The molecule has 15 heteroatoms. The van der Waals surface area contributed by atoms with Gasteiger partial charge in [0.25, 0.3) is 0 Å². The van der Waals surface area contributed by atoms with E-state index in [1.165, 1.54) is 41.5 Å². The zero-order chi connectivity index (χ0) is 27.0. The number of alkyl halides is 3. The summed E-state index contributed by atoms with van der Waals surface area (Å²) < 4.78 is 42.2. The molecular weight excluding hydrogens is 529 g/mol. The van der Waals surface area contributed by atoms with E-state index in [9.17, 15) is 27.9 Å². The molecule has 3 heterocycles. The summed E-state index contributed by atoms with van der Waals surface area (Å²) in [4.78, 5) is 33.6. The molecule has 2 N–H and O–H groups in total. The Bertz CT molecular complexity index is 1530. The average molecular weight is 549 g/mol. The summed E-state index contributed by atoms with van der Waals surface area (Å²) in [6.45, 7) is -1.33. The summed E-state index contributed by atoms with van der Waals surface area (Å²) in [6, 6.07) is 9.32. The SMILES string of the molecule is O=C(Nc1ncccc1-n1cnc(Cn2nc(-c3ccc(Cl)cc3)n(C[C@H](O)C(F)(F)F)c2=O)n1)C1CC1. The number of aliphatic hydroxyl groups excluding tert-OH is 1. The maximum atomic E-state index is 13.1. The van der Waals surface area contributed by atoms with Gasteiger partial charge in [-0.15, -0.1) is 10.2 Å². The van der Waals surface area contributed by atoms with E-state index in [2.05, 4.69) is 25.5 Å². The molecule has 0 saturated heterocycles.